The minimum Gasteiger partial charge on any atom is -0.495 e. The monoisotopic (exact) mass is 442 g/mol. The Kier molecular flexibility index (Phi) is 5.51. The number of furan rings is 1. The molecule has 0 aliphatic rings. The largest absolute Gasteiger partial charge is 0.495 e. The number of methoxy groups -OCH3 is 1. The van der Waals surface area contributed by atoms with Crippen molar-refractivity contribution in [2.45, 2.75) is 18.4 Å². The van der Waals surface area contributed by atoms with Gasteiger partial charge in [0.05, 0.1) is 30.5 Å². The molecule has 31 heavy (non-hydrogen) atoms. The van der Waals surface area contributed by atoms with E-state index in [1.807, 2.05) is 0 Å². The van der Waals surface area contributed by atoms with E-state index >= 15 is 0 Å². The van der Waals surface area contributed by atoms with Crippen molar-refractivity contribution in [3.8, 4) is 17.4 Å². The third kappa shape index (κ3) is 4.04. The minimum atomic E-state index is -4.08. The molecule has 2 heterocycles. The van der Waals surface area contributed by atoms with Gasteiger partial charge in [-0.15, -0.1) is 0 Å². The average Bonchev–Trinajstić information content (AvgIpc) is 3.42. The quantitative estimate of drug-likeness (QED) is 0.409. The van der Waals surface area contributed by atoms with Crippen LogP contribution in [-0.4, -0.2) is 20.5 Å². The van der Waals surface area contributed by atoms with Crippen molar-refractivity contribution in [3.63, 3.8) is 0 Å². The van der Waals surface area contributed by atoms with Crippen molar-refractivity contribution >= 4 is 15.7 Å². The number of aryl methyl sites for hydroxylation is 1. The van der Waals surface area contributed by atoms with Gasteiger partial charge in [-0.05, 0) is 55.5 Å². The summed E-state index contributed by atoms with van der Waals surface area (Å²) in [6.07, 6.45) is 1.49. The van der Waals surface area contributed by atoms with Crippen LogP contribution in [-0.2, 0) is 16.6 Å². The highest BCUT2D eigenvalue weighted by atomic mass is 32.2. The molecular weight excluding hydrogens is 423 g/mol. The lowest BCUT2D eigenvalue weighted by Gasteiger charge is -2.25. The van der Waals surface area contributed by atoms with E-state index in [2.05, 4.69) is 4.98 Å². The van der Waals surface area contributed by atoms with E-state index in [0.29, 0.717) is 28.7 Å². The maximum absolute atomic E-state index is 13.5. The van der Waals surface area contributed by atoms with Crippen LogP contribution in [0.1, 0.15) is 11.5 Å². The third-order valence-electron chi connectivity index (χ3n) is 4.67. The van der Waals surface area contributed by atoms with Crippen LogP contribution in [0.25, 0.3) is 11.7 Å². The Morgan fingerprint density at radius 3 is 2.48 bits per heavy atom. The zero-order valence-corrected chi connectivity index (χ0v) is 17.6. The normalized spacial score (nSPS) is 11.5. The summed E-state index contributed by atoms with van der Waals surface area (Å²) in [6, 6.07) is 14.8. The first-order valence-electron chi connectivity index (χ1n) is 9.31. The molecule has 0 radical (unpaired) electrons. The summed E-state index contributed by atoms with van der Waals surface area (Å²) in [5.74, 6) is 0.954. The second kappa shape index (κ2) is 8.27. The third-order valence-corrected chi connectivity index (χ3v) is 6.45. The zero-order chi connectivity index (χ0) is 22.0. The molecule has 0 fully saturated rings. The van der Waals surface area contributed by atoms with Crippen LogP contribution in [0.15, 0.2) is 80.7 Å². The van der Waals surface area contributed by atoms with E-state index < -0.39 is 15.8 Å². The van der Waals surface area contributed by atoms with Crippen LogP contribution in [0.4, 0.5) is 10.1 Å². The van der Waals surface area contributed by atoms with Crippen molar-refractivity contribution in [2.24, 2.45) is 0 Å². The number of ether oxygens (including phenoxy) is 1. The Morgan fingerprint density at radius 2 is 1.81 bits per heavy atom. The molecule has 0 saturated heterocycles. The second-order valence-corrected chi connectivity index (χ2v) is 8.50. The Balaban J connectivity index is 1.81. The lowest BCUT2D eigenvalue weighted by Crippen LogP contribution is -2.31. The molecule has 7 nitrogen and oxygen atoms in total. The van der Waals surface area contributed by atoms with Crippen molar-refractivity contribution in [1.29, 1.82) is 0 Å². The van der Waals surface area contributed by atoms with Gasteiger partial charge in [-0.1, -0.05) is 12.1 Å². The number of para-hydroxylation sites is 2. The number of halogens is 1. The van der Waals surface area contributed by atoms with Gasteiger partial charge in [0.1, 0.15) is 23.0 Å². The van der Waals surface area contributed by atoms with Crippen molar-refractivity contribution < 1.29 is 26.4 Å². The van der Waals surface area contributed by atoms with Gasteiger partial charge in [0.25, 0.3) is 15.9 Å². The first kappa shape index (κ1) is 20.7. The van der Waals surface area contributed by atoms with E-state index in [4.69, 9.17) is 13.6 Å². The summed E-state index contributed by atoms with van der Waals surface area (Å²) in [5.41, 5.74) is 0.722. The molecule has 4 rings (SSSR count). The van der Waals surface area contributed by atoms with Gasteiger partial charge >= 0.3 is 0 Å². The number of anilines is 1. The summed E-state index contributed by atoms with van der Waals surface area (Å²) in [4.78, 5) is 4.36. The van der Waals surface area contributed by atoms with Crippen LogP contribution < -0.4 is 9.04 Å². The van der Waals surface area contributed by atoms with Gasteiger partial charge in [0.15, 0.2) is 5.76 Å². The fraction of sp³-hybridized carbons (Fsp3) is 0.136. The predicted octanol–water partition coefficient (Wildman–Crippen LogP) is 4.79. The first-order chi connectivity index (χ1) is 14.9. The standard InChI is InChI=1S/C22H19FN2O5S/c1-15-18(24-22(30-15)21-8-5-13-29-21)14-25(19-6-3-4-7-20(19)28-2)31(26,27)17-11-9-16(23)10-12-17/h3-13H,14H2,1-2H3. The Bertz CT molecular complexity index is 1280. The van der Waals surface area contributed by atoms with Crippen LogP contribution in [0.5, 0.6) is 5.75 Å². The fourth-order valence-corrected chi connectivity index (χ4v) is 4.52. The lowest BCUT2D eigenvalue weighted by molar-refractivity contribution is 0.415. The predicted molar refractivity (Wildman–Crippen MR) is 112 cm³/mol. The molecular formula is C22H19FN2O5S. The van der Waals surface area contributed by atoms with E-state index in [9.17, 15) is 12.8 Å². The maximum atomic E-state index is 13.5. The summed E-state index contributed by atoms with van der Waals surface area (Å²) in [6.45, 7) is 1.57. The molecule has 0 saturated carbocycles. The highest BCUT2D eigenvalue weighted by Gasteiger charge is 2.29. The summed E-state index contributed by atoms with van der Waals surface area (Å²) in [5, 5.41) is 0. The van der Waals surface area contributed by atoms with Crippen molar-refractivity contribution in [1.82, 2.24) is 4.98 Å². The molecule has 0 unspecified atom stereocenters. The first-order valence-corrected chi connectivity index (χ1v) is 10.8. The number of oxazole rings is 1. The van der Waals surface area contributed by atoms with Gasteiger partial charge in [0.2, 0.25) is 0 Å². The highest BCUT2D eigenvalue weighted by Crippen LogP contribution is 2.34. The van der Waals surface area contributed by atoms with Gasteiger partial charge in [-0.2, -0.15) is 0 Å². The molecule has 2 aromatic heterocycles. The fourth-order valence-electron chi connectivity index (χ4n) is 3.09. The van der Waals surface area contributed by atoms with Crippen LogP contribution >= 0.6 is 0 Å². The van der Waals surface area contributed by atoms with Crippen LogP contribution in [0.3, 0.4) is 0 Å². The minimum absolute atomic E-state index is 0.0628. The number of nitrogens with zero attached hydrogens (tertiary/aromatic N) is 2. The molecule has 0 spiro atoms. The molecule has 0 bridgehead atoms. The van der Waals surface area contributed by atoms with Crippen molar-refractivity contribution in [3.05, 3.63) is 84.2 Å². The molecule has 0 aliphatic heterocycles. The SMILES string of the molecule is COc1ccccc1N(Cc1nc(-c2ccco2)oc1C)S(=O)(=O)c1ccc(F)cc1. The zero-order valence-electron chi connectivity index (χ0n) is 16.8. The topological polar surface area (TPSA) is 85.8 Å². The molecule has 160 valence electrons. The summed E-state index contributed by atoms with van der Waals surface area (Å²) < 4.78 is 58.0. The summed E-state index contributed by atoms with van der Waals surface area (Å²) >= 11 is 0. The van der Waals surface area contributed by atoms with E-state index in [1.54, 1.807) is 43.3 Å². The second-order valence-electron chi connectivity index (χ2n) is 6.64. The molecule has 0 aliphatic carbocycles. The molecule has 0 atom stereocenters. The van der Waals surface area contributed by atoms with E-state index in [1.165, 1.54) is 25.5 Å². The Morgan fingerprint density at radius 1 is 1.06 bits per heavy atom. The van der Waals surface area contributed by atoms with Crippen LogP contribution in [0, 0.1) is 12.7 Å². The van der Waals surface area contributed by atoms with Gasteiger partial charge in [-0.3, -0.25) is 4.31 Å². The number of sulfonamides is 1. The van der Waals surface area contributed by atoms with Gasteiger partial charge in [0, 0.05) is 0 Å². The molecule has 0 amide bonds. The number of hydrogen-bond acceptors (Lipinski definition) is 6. The molecule has 4 aromatic rings. The molecule has 2 aromatic carbocycles. The average molecular weight is 442 g/mol. The Labute approximate surface area is 178 Å². The van der Waals surface area contributed by atoms with E-state index in [0.717, 1.165) is 16.4 Å². The lowest BCUT2D eigenvalue weighted by atomic mass is 10.2. The van der Waals surface area contributed by atoms with E-state index in [-0.39, 0.29) is 17.3 Å². The van der Waals surface area contributed by atoms with Gasteiger partial charge in [-0.25, -0.2) is 17.8 Å². The van der Waals surface area contributed by atoms with Crippen molar-refractivity contribution in [2.75, 3.05) is 11.4 Å². The summed E-state index contributed by atoms with van der Waals surface area (Å²) in [7, 11) is -2.63. The Hall–Kier alpha value is -3.59. The number of benzene rings is 2. The number of rotatable bonds is 7. The number of aromatic nitrogens is 1. The highest BCUT2D eigenvalue weighted by molar-refractivity contribution is 7.92. The van der Waals surface area contributed by atoms with Gasteiger partial charge < -0.3 is 13.6 Å². The molecule has 0 N–H and O–H groups in total. The molecule has 9 heteroatoms. The smallest absolute Gasteiger partial charge is 0.264 e. The van der Waals surface area contributed by atoms with Crippen LogP contribution in [0.2, 0.25) is 0 Å². The maximum Gasteiger partial charge on any atom is 0.264 e. The number of hydrogen-bond donors (Lipinski definition) is 0.